The van der Waals surface area contributed by atoms with Gasteiger partial charge >= 0.3 is 71.2 Å². The summed E-state index contributed by atoms with van der Waals surface area (Å²) < 4.78 is 201. The number of carbonyl (C=O) groups is 12. The van der Waals surface area contributed by atoms with Crippen molar-refractivity contribution in [2.75, 3.05) is 0 Å². The van der Waals surface area contributed by atoms with E-state index >= 15 is 0 Å². The van der Waals surface area contributed by atoms with Crippen LogP contribution in [0.3, 0.4) is 0 Å². The molecule has 0 aromatic carbocycles. The normalized spacial score (nSPS) is 10.7. The van der Waals surface area contributed by atoms with Crippen molar-refractivity contribution in [2.45, 2.75) is 75.6 Å². The van der Waals surface area contributed by atoms with Gasteiger partial charge in [-0.2, -0.15) is 79.0 Å². The number of hydrogen-bond acceptors (Lipinski definition) is 18. The molecule has 358 valence electrons. The molecular weight excluding hydrogens is 1030 g/mol. The first-order chi connectivity index (χ1) is 26.0. The fraction of sp³-hybridized carbons (Fsp3) is 0.500. The van der Waals surface area contributed by atoms with Crippen molar-refractivity contribution in [3.05, 3.63) is 0 Å². The van der Waals surface area contributed by atoms with Crippen LogP contribution in [-0.2, 0) is 91.7 Å². The molecule has 0 amide bonds. The molecule has 62 heavy (non-hydrogen) atoms. The third-order valence-corrected chi connectivity index (χ3v) is 3.73. The number of carboxylic acid groups (broad SMARTS) is 6. The Morgan fingerprint density at radius 3 is 0.306 bits per heavy atom. The summed E-state index contributed by atoms with van der Waals surface area (Å²) in [4.78, 5) is 115. The summed E-state index contributed by atoms with van der Waals surface area (Å²) in [6, 6.07) is 0. The van der Waals surface area contributed by atoms with Crippen molar-refractivity contribution in [3.8, 4) is 0 Å². The van der Waals surface area contributed by atoms with Crippen LogP contribution in [0.15, 0.2) is 0 Å². The molecule has 0 heterocycles. The third-order valence-electron chi connectivity index (χ3n) is 3.73. The number of halogens is 18. The second-order valence-electron chi connectivity index (χ2n) is 8.82. The Hall–Kier alpha value is -5.38. The number of aliphatic carboxylic acids is 6. The van der Waals surface area contributed by atoms with Crippen LogP contribution in [0.25, 0.3) is 0 Å². The Balaban J connectivity index is -0.0000000935. The van der Waals surface area contributed by atoms with Gasteiger partial charge in [-0.05, 0) is 0 Å². The molecule has 18 nitrogen and oxygen atoms in total. The van der Waals surface area contributed by atoms with E-state index in [2.05, 4.69) is 0 Å². The number of carbonyl (C=O) groups excluding carboxylic acids is 12. The molecule has 0 bridgehead atoms. The fourth-order valence-electron chi connectivity index (χ4n) is 1.39. The van der Waals surface area contributed by atoms with Gasteiger partial charge in [0.05, 0.1) is 38.5 Å². The Morgan fingerprint density at radius 1 is 0.226 bits per heavy atom. The summed E-state index contributed by atoms with van der Waals surface area (Å²) >= 11 is 0. The number of carboxylic acids is 6. The van der Waals surface area contributed by atoms with E-state index in [0.717, 1.165) is 0 Å². The largest absolute Gasteiger partial charge is 3.00 e. The maximum absolute atomic E-state index is 11.2. The molecule has 0 aromatic rings. The molecule has 0 aliphatic heterocycles. The van der Waals surface area contributed by atoms with Crippen molar-refractivity contribution in [1.29, 1.82) is 0 Å². The van der Waals surface area contributed by atoms with Crippen molar-refractivity contribution < 1.29 is 201 Å². The predicted octanol–water partition coefficient (Wildman–Crippen LogP) is -4.46. The van der Waals surface area contributed by atoms with Gasteiger partial charge in [0.15, 0.2) is 0 Å². The van der Waals surface area contributed by atoms with Gasteiger partial charge < -0.3 is 59.4 Å². The summed E-state index contributed by atoms with van der Waals surface area (Å²) in [5.41, 5.74) is 0. The third kappa shape index (κ3) is 52.6. The Labute approximate surface area is 347 Å². The van der Waals surface area contributed by atoms with Gasteiger partial charge in [0, 0.05) is 35.8 Å². The molecule has 38 heteroatoms. The summed E-state index contributed by atoms with van der Waals surface area (Å²) in [5.74, 6) is -25.9. The first kappa shape index (κ1) is 74.1. The standard InChI is InChI=1S/6C4H3F3O3.2Fe/c6*5-4(6,7)2(8)1-3(9)10;;/h6*1H2,(H,9,10);;/q;;;;;;2*+3/p-6. The van der Waals surface area contributed by atoms with Crippen molar-refractivity contribution in [2.24, 2.45) is 0 Å². The summed E-state index contributed by atoms with van der Waals surface area (Å²) in [7, 11) is 0. The second-order valence-corrected chi connectivity index (χ2v) is 8.82. The molecule has 0 rings (SSSR count). The van der Waals surface area contributed by atoms with E-state index < -0.39 is 146 Å². The first-order valence-corrected chi connectivity index (χ1v) is 12.8. The van der Waals surface area contributed by atoms with Crippen molar-refractivity contribution in [3.63, 3.8) is 0 Å². The van der Waals surface area contributed by atoms with Crippen molar-refractivity contribution in [1.82, 2.24) is 0 Å². The minimum atomic E-state index is -5.07. The molecule has 0 aromatic heterocycles. The van der Waals surface area contributed by atoms with Crippen LogP contribution in [-0.4, -0.2) is 108 Å². The van der Waals surface area contributed by atoms with Crippen LogP contribution in [0.2, 0.25) is 0 Å². The zero-order valence-corrected chi connectivity index (χ0v) is 30.3. The molecular formula is C24H12F18Fe2O18. The molecule has 0 spiro atoms. The maximum atomic E-state index is 11.2. The van der Waals surface area contributed by atoms with E-state index in [-0.39, 0.29) is 34.1 Å². The predicted molar refractivity (Wildman–Crippen MR) is 124 cm³/mol. The Bertz CT molecular complexity index is 1270. The Kier molecular flexibility index (Phi) is 37.6. The first-order valence-electron chi connectivity index (χ1n) is 12.8. The zero-order valence-electron chi connectivity index (χ0n) is 28.1. The van der Waals surface area contributed by atoms with Crippen LogP contribution in [0.5, 0.6) is 0 Å². The number of hydrogen-bond donors (Lipinski definition) is 0. The smallest absolute Gasteiger partial charge is 0.550 e. The van der Waals surface area contributed by atoms with Gasteiger partial charge in [-0.3, -0.25) is 28.8 Å². The fourth-order valence-corrected chi connectivity index (χ4v) is 1.39. The number of alkyl halides is 18. The average molecular weight is 1040 g/mol. The molecule has 0 N–H and O–H groups in total. The molecule has 0 fully saturated rings. The van der Waals surface area contributed by atoms with Crippen LogP contribution in [0.4, 0.5) is 79.0 Å². The topological polar surface area (TPSA) is 343 Å². The van der Waals surface area contributed by atoms with E-state index in [0.29, 0.717) is 0 Å². The second kappa shape index (κ2) is 31.5. The van der Waals surface area contributed by atoms with Gasteiger partial charge in [0.1, 0.15) is 0 Å². The molecule has 2 radical (unpaired) electrons. The zero-order chi connectivity index (χ0) is 50.2. The summed E-state index contributed by atoms with van der Waals surface area (Å²) in [5, 5.41) is 56.5. The summed E-state index contributed by atoms with van der Waals surface area (Å²) in [6.45, 7) is 0. The Morgan fingerprint density at radius 2 is 0.290 bits per heavy atom. The van der Waals surface area contributed by atoms with Gasteiger partial charge in [-0.25, -0.2) is 0 Å². The van der Waals surface area contributed by atoms with E-state index in [1.54, 1.807) is 0 Å². The van der Waals surface area contributed by atoms with E-state index in [1.807, 2.05) is 0 Å². The molecule has 0 unspecified atom stereocenters. The minimum absolute atomic E-state index is 0. The molecule has 0 aliphatic rings. The van der Waals surface area contributed by atoms with Crippen molar-refractivity contribution >= 4 is 70.5 Å². The average Bonchev–Trinajstić information content (AvgIpc) is 2.94. The van der Waals surface area contributed by atoms with E-state index in [4.69, 9.17) is 0 Å². The molecule has 0 saturated heterocycles. The van der Waals surface area contributed by atoms with Crippen LogP contribution in [0, 0.1) is 0 Å². The molecule has 0 saturated carbocycles. The molecule has 0 aliphatic carbocycles. The van der Waals surface area contributed by atoms with Gasteiger partial charge in [-0.1, -0.05) is 0 Å². The monoisotopic (exact) mass is 1040 g/mol. The van der Waals surface area contributed by atoms with Crippen LogP contribution >= 0.6 is 0 Å². The van der Waals surface area contributed by atoms with Crippen LogP contribution in [0.1, 0.15) is 38.5 Å². The number of rotatable bonds is 12. The number of Topliss-reactive ketones (excluding diaryl/α,β-unsaturated/α-hetero) is 6. The van der Waals surface area contributed by atoms with E-state index in [9.17, 15) is 167 Å². The molecule has 0 atom stereocenters. The van der Waals surface area contributed by atoms with Gasteiger partial charge in [0.25, 0.3) is 0 Å². The van der Waals surface area contributed by atoms with Gasteiger partial charge in [-0.15, -0.1) is 0 Å². The van der Waals surface area contributed by atoms with Crippen LogP contribution < -0.4 is 30.6 Å². The van der Waals surface area contributed by atoms with Gasteiger partial charge in [0.2, 0.25) is 34.7 Å². The summed E-state index contributed by atoms with van der Waals surface area (Å²) in [6.07, 6.45) is -40.1. The SMILES string of the molecule is O=C([O-])CC(=O)C(F)(F)F.O=C([O-])CC(=O)C(F)(F)F.O=C([O-])CC(=O)C(F)(F)F.O=C([O-])CC(=O)C(F)(F)F.O=C([O-])CC(=O)C(F)(F)F.O=C([O-])CC(=O)C(F)(F)F.[Fe+3].[Fe+3]. The van der Waals surface area contributed by atoms with E-state index in [1.165, 1.54) is 0 Å². The quantitative estimate of drug-likeness (QED) is 0.101. The number of ketones is 6. The maximum Gasteiger partial charge on any atom is 3.00 e. The minimum Gasteiger partial charge on any atom is -0.550 e.